The molecule has 4 atom stereocenters. The first-order chi connectivity index (χ1) is 15.9. The lowest BCUT2D eigenvalue weighted by atomic mass is 9.91. The van der Waals surface area contributed by atoms with E-state index in [9.17, 15) is 0 Å². The molecule has 3 aromatic rings. The van der Waals surface area contributed by atoms with Crippen LogP contribution in [0.15, 0.2) is 54.7 Å². The van der Waals surface area contributed by atoms with Crippen molar-refractivity contribution in [3.05, 3.63) is 75.2 Å². The molecule has 0 saturated carbocycles. The summed E-state index contributed by atoms with van der Waals surface area (Å²) in [6.45, 7) is 8.88. The van der Waals surface area contributed by atoms with Crippen molar-refractivity contribution >= 4 is 51.6 Å². The molecule has 0 spiro atoms. The molecule has 2 saturated heterocycles. The van der Waals surface area contributed by atoms with E-state index in [4.69, 9.17) is 23.8 Å². The number of piperidine rings is 1. The van der Waals surface area contributed by atoms with Crippen LogP contribution in [0.2, 0.25) is 5.02 Å². The van der Waals surface area contributed by atoms with Gasteiger partial charge >= 0.3 is 0 Å². The second-order valence-corrected chi connectivity index (χ2v) is 11.5. The Morgan fingerprint density at radius 1 is 1.09 bits per heavy atom. The second-order valence-electron chi connectivity index (χ2n) is 9.43. The SMILES string of the molecule is Cc1ccc([C@@H]2[C@H](c3ccccn3)NC(=S)N2c2ccc(N3C[C@H](C)C[C@H](C)C3)c(Cl)c2)s1. The first-order valence-corrected chi connectivity index (χ1v) is 13.1. The van der Waals surface area contributed by atoms with E-state index >= 15 is 0 Å². The summed E-state index contributed by atoms with van der Waals surface area (Å²) in [5.74, 6) is 1.34. The summed E-state index contributed by atoms with van der Waals surface area (Å²) in [7, 11) is 0. The molecule has 2 aliphatic rings. The fourth-order valence-corrected chi connectivity index (χ4v) is 6.94. The van der Waals surface area contributed by atoms with Crippen molar-refractivity contribution in [2.24, 2.45) is 11.8 Å². The zero-order valence-corrected chi connectivity index (χ0v) is 21.6. The third-order valence-corrected chi connectivity index (χ3v) is 8.26. The number of hydrogen-bond donors (Lipinski definition) is 1. The minimum Gasteiger partial charge on any atom is -0.370 e. The highest BCUT2D eigenvalue weighted by Crippen LogP contribution is 2.45. The van der Waals surface area contributed by atoms with Crippen LogP contribution in [0.5, 0.6) is 0 Å². The number of anilines is 2. The monoisotopic (exact) mass is 496 g/mol. The molecule has 0 radical (unpaired) electrons. The second kappa shape index (κ2) is 9.24. The molecule has 7 heteroatoms. The number of nitrogens with one attached hydrogen (secondary N) is 1. The highest BCUT2D eigenvalue weighted by Gasteiger charge is 2.41. The minimum atomic E-state index is -0.0287. The standard InChI is InChI=1S/C26H29ClN4S2/c1-16-12-17(2)15-30(14-16)22-9-8-19(13-20(22)27)31-25(23-10-7-18(3)33-23)24(29-26(31)32)21-6-4-5-11-28-21/h4-11,13,16-17,24-25H,12,14-15H2,1-3H3,(H,29,32)/t16-,17+,24-,25+/m0/s1. The van der Waals surface area contributed by atoms with Crippen molar-refractivity contribution in [1.29, 1.82) is 0 Å². The quantitative estimate of drug-likeness (QED) is 0.403. The van der Waals surface area contributed by atoms with Gasteiger partial charge in [0.1, 0.15) is 0 Å². The highest BCUT2D eigenvalue weighted by molar-refractivity contribution is 7.80. The Hall–Kier alpha value is -2.15. The van der Waals surface area contributed by atoms with Crippen molar-refractivity contribution in [3.63, 3.8) is 0 Å². The van der Waals surface area contributed by atoms with Crippen LogP contribution >= 0.6 is 35.2 Å². The van der Waals surface area contributed by atoms with E-state index in [0.29, 0.717) is 16.9 Å². The van der Waals surface area contributed by atoms with Crippen LogP contribution in [0, 0.1) is 18.8 Å². The number of benzene rings is 1. The smallest absolute Gasteiger partial charge is 0.174 e. The molecule has 4 heterocycles. The predicted octanol–water partition coefficient (Wildman–Crippen LogP) is 6.76. The summed E-state index contributed by atoms with van der Waals surface area (Å²) in [5.41, 5.74) is 3.10. The van der Waals surface area contributed by atoms with Crippen LogP contribution in [0.25, 0.3) is 0 Å². The fourth-order valence-electron chi connectivity index (χ4n) is 5.30. The molecule has 5 rings (SSSR count). The molecule has 0 aliphatic carbocycles. The van der Waals surface area contributed by atoms with E-state index in [1.165, 1.54) is 16.2 Å². The molecule has 2 fully saturated rings. The molecule has 172 valence electrons. The first-order valence-electron chi connectivity index (χ1n) is 11.5. The Kier molecular flexibility index (Phi) is 6.34. The van der Waals surface area contributed by atoms with Crippen LogP contribution in [-0.2, 0) is 0 Å². The number of pyridine rings is 1. The maximum atomic E-state index is 6.89. The van der Waals surface area contributed by atoms with Crippen LogP contribution < -0.4 is 15.1 Å². The minimum absolute atomic E-state index is 0.0167. The van der Waals surface area contributed by atoms with Gasteiger partial charge in [-0.3, -0.25) is 4.98 Å². The topological polar surface area (TPSA) is 31.4 Å². The molecular weight excluding hydrogens is 468 g/mol. The van der Waals surface area contributed by atoms with Crippen molar-refractivity contribution in [1.82, 2.24) is 10.3 Å². The van der Waals surface area contributed by atoms with Gasteiger partial charge in [0.05, 0.1) is 28.5 Å². The lowest BCUT2D eigenvalue weighted by Crippen LogP contribution is -2.38. The molecule has 2 aliphatic heterocycles. The molecule has 0 bridgehead atoms. The van der Waals surface area contributed by atoms with E-state index < -0.39 is 0 Å². The summed E-state index contributed by atoms with van der Waals surface area (Å²) in [4.78, 5) is 11.8. The summed E-state index contributed by atoms with van der Waals surface area (Å²) in [6.07, 6.45) is 3.11. The summed E-state index contributed by atoms with van der Waals surface area (Å²) in [6, 6.07) is 16.8. The van der Waals surface area contributed by atoms with E-state index in [0.717, 1.165) is 35.2 Å². The van der Waals surface area contributed by atoms with Crippen molar-refractivity contribution in [2.75, 3.05) is 22.9 Å². The number of hydrogen-bond acceptors (Lipinski definition) is 4. The summed E-state index contributed by atoms with van der Waals surface area (Å²) >= 11 is 14.6. The maximum Gasteiger partial charge on any atom is 0.174 e. The van der Waals surface area contributed by atoms with Crippen molar-refractivity contribution in [2.45, 2.75) is 39.3 Å². The lowest BCUT2D eigenvalue weighted by Gasteiger charge is -2.37. The Morgan fingerprint density at radius 2 is 1.88 bits per heavy atom. The Labute approximate surface area is 210 Å². The normalized spacial score (nSPS) is 25.4. The van der Waals surface area contributed by atoms with E-state index in [2.05, 4.69) is 77.3 Å². The third-order valence-electron chi connectivity index (χ3n) is 6.57. The summed E-state index contributed by atoms with van der Waals surface area (Å²) in [5, 5.41) is 5.01. The molecule has 33 heavy (non-hydrogen) atoms. The van der Waals surface area contributed by atoms with Gasteiger partial charge in [-0.1, -0.05) is 31.5 Å². The van der Waals surface area contributed by atoms with Gasteiger partial charge in [-0.05, 0) is 79.9 Å². The molecule has 1 aromatic carbocycles. The number of nitrogens with zero attached hydrogens (tertiary/aromatic N) is 3. The Morgan fingerprint density at radius 3 is 2.52 bits per heavy atom. The maximum absolute atomic E-state index is 6.89. The van der Waals surface area contributed by atoms with Gasteiger partial charge in [0.15, 0.2) is 5.11 Å². The largest absolute Gasteiger partial charge is 0.370 e. The Balaban J connectivity index is 1.51. The van der Waals surface area contributed by atoms with Crippen LogP contribution in [-0.4, -0.2) is 23.2 Å². The molecule has 0 amide bonds. The van der Waals surface area contributed by atoms with E-state index in [1.54, 1.807) is 11.3 Å². The van der Waals surface area contributed by atoms with Gasteiger partial charge in [-0.15, -0.1) is 11.3 Å². The fraction of sp³-hybridized carbons (Fsp3) is 0.385. The van der Waals surface area contributed by atoms with Crippen molar-refractivity contribution in [3.8, 4) is 0 Å². The molecule has 1 N–H and O–H groups in total. The number of aromatic nitrogens is 1. The van der Waals surface area contributed by atoms with Gasteiger partial charge in [-0.2, -0.15) is 0 Å². The number of aryl methyl sites for hydroxylation is 1. The Bertz CT molecular complexity index is 1140. The van der Waals surface area contributed by atoms with E-state index in [-0.39, 0.29) is 12.1 Å². The van der Waals surface area contributed by atoms with E-state index in [1.807, 2.05) is 18.3 Å². The highest BCUT2D eigenvalue weighted by atomic mass is 35.5. The average molecular weight is 497 g/mol. The van der Waals surface area contributed by atoms with Gasteiger partial charge < -0.3 is 15.1 Å². The lowest BCUT2D eigenvalue weighted by molar-refractivity contribution is 0.357. The van der Waals surface area contributed by atoms with Crippen LogP contribution in [0.1, 0.15) is 47.8 Å². The molecule has 0 unspecified atom stereocenters. The number of rotatable bonds is 4. The predicted molar refractivity (Wildman–Crippen MR) is 144 cm³/mol. The summed E-state index contributed by atoms with van der Waals surface area (Å²) < 4.78 is 0. The third kappa shape index (κ3) is 4.48. The van der Waals surface area contributed by atoms with Gasteiger partial charge in [0.25, 0.3) is 0 Å². The van der Waals surface area contributed by atoms with Gasteiger partial charge in [0, 0.05) is 34.7 Å². The van der Waals surface area contributed by atoms with Crippen molar-refractivity contribution < 1.29 is 0 Å². The zero-order valence-electron chi connectivity index (χ0n) is 19.2. The van der Waals surface area contributed by atoms with Crippen LogP contribution in [0.4, 0.5) is 11.4 Å². The van der Waals surface area contributed by atoms with Crippen LogP contribution in [0.3, 0.4) is 0 Å². The molecular formula is C26H29ClN4S2. The number of thiophene rings is 1. The molecule has 4 nitrogen and oxygen atoms in total. The number of halogens is 1. The first kappa shape index (κ1) is 22.6. The molecule has 2 aromatic heterocycles. The average Bonchev–Trinajstić information content (AvgIpc) is 3.36. The van der Waals surface area contributed by atoms with Gasteiger partial charge in [-0.25, -0.2) is 0 Å². The zero-order chi connectivity index (χ0) is 23.1. The van der Waals surface area contributed by atoms with Gasteiger partial charge in [0.2, 0.25) is 0 Å². The number of thiocarbonyl (C=S) groups is 1.